The molecule has 2 aliphatic heterocycles. The molecule has 6 rings (SSSR count). The number of halogens is 1. The number of aryl methyl sites for hydroxylation is 1. The van der Waals surface area contributed by atoms with Gasteiger partial charge in [-0.1, -0.05) is 49.7 Å². The zero-order valence-electron chi connectivity index (χ0n) is 23.5. The van der Waals surface area contributed by atoms with Crippen molar-refractivity contribution in [1.82, 2.24) is 14.9 Å². The normalized spacial score (nSPS) is 23.0. The molecular formula is C33H36ClN5S. The molecule has 4 heterocycles. The lowest BCUT2D eigenvalue weighted by Crippen LogP contribution is -2.38. The molecule has 206 valence electrons. The third-order valence-corrected chi connectivity index (χ3v) is 8.94. The number of pyridine rings is 1. The zero-order chi connectivity index (χ0) is 28.0. The quantitative estimate of drug-likeness (QED) is 0.248. The van der Waals surface area contributed by atoms with Gasteiger partial charge in [-0.3, -0.25) is 4.98 Å². The molecule has 4 aromatic rings. The maximum absolute atomic E-state index is 7.02. The molecule has 0 radical (unpaired) electrons. The fourth-order valence-corrected chi connectivity index (χ4v) is 7.41. The number of hydrogen-bond acceptors (Lipinski definition) is 3. The van der Waals surface area contributed by atoms with Gasteiger partial charge in [0.1, 0.15) is 0 Å². The standard InChI is InChI=1S/C33H36ClN5S/c1-21-16-22(2)20-37(19-21)30-14-13-26(18-28(30)34)39-32(31(36-33(39)40)29-12-8-9-15-35-29)27-17-23(3)38(24(27)4)25-10-6-5-7-11-25/h5-15,17-18,21-22,31-32H,16,19-20H2,1-4H3,(H,36,40)/t21-,22+,31-,32+/m1/s1. The Kier molecular flexibility index (Phi) is 7.32. The molecule has 0 aliphatic carbocycles. The second-order valence-electron chi connectivity index (χ2n) is 11.5. The molecule has 2 aromatic carbocycles. The van der Waals surface area contributed by atoms with Crippen molar-refractivity contribution in [3.05, 3.63) is 107 Å². The average Bonchev–Trinajstić information content (AvgIpc) is 3.43. The van der Waals surface area contributed by atoms with E-state index in [0.29, 0.717) is 16.9 Å². The second kappa shape index (κ2) is 10.9. The number of thiocarbonyl (C=S) groups is 1. The summed E-state index contributed by atoms with van der Waals surface area (Å²) in [5.74, 6) is 1.30. The van der Waals surface area contributed by atoms with E-state index in [1.54, 1.807) is 0 Å². The predicted molar refractivity (Wildman–Crippen MR) is 170 cm³/mol. The highest BCUT2D eigenvalue weighted by Gasteiger charge is 2.42. The second-order valence-corrected chi connectivity index (χ2v) is 12.3. The number of benzene rings is 2. The van der Waals surface area contributed by atoms with E-state index in [1.165, 1.54) is 23.4 Å². The number of nitrogens with one attached hydrogen (secondary N) is 1. The van der Waals surface area contributed by atoms with Crippen molar-refractivity contribution >= 4 is 40.3 Å². The Balaban J connectivity index is 1.44. The van der Waals surface area contributed by atoms with Gasteiger partial charge < -0.3 is 19.7 Å². The highest BCUT2D eigenvalue weighted by molar-refractivity contribution is 7.80. The Morgan fingerprint density at radius 1 is 0.900 bits per heavy atom. The van der Waals surface area contributed by atoms with Gasteiger partial charge in [0.15, 0.2) is 5.11 Å². The van der Waals surface area contributed by atoms with E-state index >= 15 is 0 Å². The molecule has 5 nitrogen and oxygen atoms in total. The van der Waals surface area contributed by atoms with Crippen molar-refractivity contribution in [3.8, 4) is 5.69 Å². The molecule has 2 saturated heterocycles. The average molecular weight is 570 g/mol. The molecule has 0 saturated carbocycles. The molecule has 0 unspecified atom stereocenters. The third-order valence-electron chi connectivity index (χ3n) is 8.32. The Bertz CT molecular complexity index is 1510. The summed E-state index contributed by atoms with van der Waals surface area (Å²) in [5, 5.41) is 5.04. The fourth-order valence-electron chi connectivity index (χ4n) is 6.77. The number of rotatable bonds is 5. The van der Waals surface area contributed by atoms with Crippen molar-refractivity contribution in [2.24, 2.45) is 11.8 Å². The van der Waals surface area contributed by atoms with E-state index in [2.05, 4.69) is 108 Å². The Morgan fingerprint density at radius 2 is 1.62 bits per heavy atom. The van der Waals surface area contributed by atoms with Crippen LogP contribution in [0.15, 0.2) is 79.0 Å². The molecule has 0 amide bonds. The minimum Gasteiger partial charge on any atom is -0.370 e. The fraction of sp³-hybridized carbons (Fsp3) is 0.333. The maximum Gasteiger partial charge on any atom is 0.174 e. The Hall–Kier alpha value is -3.35. The summed E-state index contributed by atoms with van der Waals surface area (Å²) < 4.78 is 2.32. The number of anilines is 2. The number of piperidine rings is 1. The van der Waals surface area contributed by atoms with Gasteiger partial charge in [0.05, 0.1) is 28.5 Å². The molecular weight excluding hydrogens is 534 g/mol. The van der Waals surface area contributed by atoms with E-state index in [0.717, 1.165) is 40.9 Å². The molecule has 0 spiro atoms. The summed E-state index contributed by atoms with van der Waals surface area (Å²) in [4.78, 5) is 9.40. The van der Waals surface area contributed by atoms with Gasteiger partial charge in [0.2, 0.25) is 0 Å². The lowest BCUT2D eigenvalue weighted by molar-refractivity contribution is 0.357. The van der Waals surface area contributed by atoms with Crippen molar-refractivity contribution in [2.45, 2.75) is 46.2 Å². The van der Waals surface area contributed by atoms with Gasteiger partial charge in [-0.05, 0) is 98.4 Å². The van der Waals surface area contributed by atoms with Crippen LogP contribution in [0.1, 0.15) is 55.0 Å². The van der Waals surface area contributed by atoms with E-state index in [4.69, 9.17) is 28.8 Å². The summed E-state index contributed by atoms with van der Waals surface area (Å²) in [5.41, 5.74) is 7.77. The highest BCUT2D eigenvalue weighted by atomic mass is 35.5. The first-order valence-corrected chi connectivity index (χ1v) is 14.9. The topological polar surface area (TPSA) is 36.3 Å². The maximum atomic E-state index is 7.02. The summed E-state index contributed by atoms with van der Waals surface area (Å²) in [6.07, 6.45) is 3.11. The van der Waals surface area contributed by atoms with E-state index in [1.807, 2.05) is 18.3 Å². The van der Waals surface area contributed by atoms with Crippen LogP contribution in [0.5, 0.6) is 0 Å². The smallest absolute Gasteiger partial charge is 0.174 e. The van der Waals surface area contributed by atoms with Gasteiger partial charge in [-0.2, -0.15) is 0 Å². The molecule has 4 atom stereocenters. The van der Waals surface area contributed by atoms with Crippen LogP contribution < -0.4 is 15.1 Å². The van der Waals surface area contributed by atoms with E-state index in [9.17, 15) is 0 Å². The first-order valence-electron chi connectivity index (χ1n) is 14.1. The molecule has 2 aromatic heterocycles. The molecule has 0 bridgehead atoms. The first-order chi connectivity index (χ1) is 19.3. The van der Waals surface area contributed by atoms with Gasteiger partial charge >= 0.3 is 0 Å². The Morgan fingerprint density at radius 3 is 2.30 bits per heavy atom. The zero-order valence-corrected chi connectivity index (χ0v) is 25.1. The summed E-state index contributed by atoms with van der Waals surface area (Å²) in [6, 6.07) is 25.1. The highest BCUT2D eigenvalue weighted by Crippen LogP contribution is 2.45. The van der Waals surface area contributed by atoms with E-state index in [-0.39, 0.29) is 12.1 Å². The predicted octanol–water partition coefficient (Wildman–Crippen LogP) is 7.80. The van der Waals surface area contributed by atoms with Crippen LogP contribution in [0.3, 0.4) is 0 Å². The lowest BCUT2D eigenvalue weighted by atomic mass is 9.91. The number of hydrogen-bond donors (Lipinski definition) is 1. The Labute approximate surface area is 247 Å². The molecule has 2 fully saturated rings. The van der Waals surface area contributed by atoms with Crippen LogP contribution in [0.25, 0.3) is 5.69 Å². The van der Waals surface area contributed by atoms with Gasteiger partial charge in [-0.15, -0.1) is 0 Å². The van der Waals surface area contributed by atoms with Crippen molar-refractivity contribution in [2.75, 3.05) is 22.9 Å². The lowest BCUT2D eigenvalue weighted by Gasteiger charge is -2.37. The van der Waals surface area contributed by atoms with E-state index < -0.39 is 0 Å². The minimum absolute atomic E-state index is 0.0944. The first kappa shape index (κ1) is 26.9. The number of nitrogens with zero attached hydrogens (tertiary/aromatic N) is 4. The third kappa shape index (κ3) is 4.88. The van der Waals surface area contributed by atoms with Crippen molar-refractivity contribution in [1.29, 1.82) is 0 Å². The van der Waals surface area contributed by atoms with Crippen LogP contribution in [-0.4, -0.2) is 27.8 Å². The van der Waals surface area contributed by atoms with Gasteiger partial charge in [0.25, 0.3) is 0 Å². The van der Waals surface area contributed by atoms with Crippen LogP contribution in [0.2, 0.25) is 5.02 Å². The molecule has 7 heteroatoms. The number of aromatic nitrogens is 2. The van der Waals surface area contributed by atoms with Gasteiger partial charge in [-0.25, -0.2) is 0 Å². The molecule has 1 N–H and O–H groups in total. The summed E-state index contributed by atoms with van der Waals surface area (Å²) in [6.45, 7) is 11.1. The van der Waals surface area contributed by atoms with Crippen molar-refractivity contribution < 1.29 is 0 Å². The molecule has 40 heavy (non-hydrogen) atoms. The van der Waals surface area contributed by atoms with Crippen LogP contribution in [0.4, 0.5) is 11.4 Å². The van der Waals surface area contributed by atoms with Crippen LogP contribution in [-0.2, 0) is 0 Å². The largest absolute Gasteiger partial charge is 0.370 e. The van der Waals surface area contributed by atoms with Crippen LogP contribution in [0, 0.1) is 25.7 Å². The van der Waals surface area contributed by atoms with Crippen molar-refractivity contribution in [3.63, 3.8) is 0 Å². The summed E-state index contributed by atoms with van der Waals surface area (Å²) in [7, 11) is 0. The molecule has 2 aliphatic rings. The van der Waals surface area contributed by atoms with Gasteiger partial charge in [0, 0.05) is 42.0 Å². The minimum atomic E-state index is -0.110. The monoisotopic (exact) mass is 569 g/mol. The SMILES string of the molecule is Cc1cc([C@H]2[C@@H](c3ccccn3)NC(=S)N2c2ccc(N3C[C@H](C)C[C@H](C)C3)c(Cl)c2)c(C)n1-c1ccccc1. The number of para-hydroxylation sites is 1. The summed E-state index contributed by atoms with van der Waals surface area (Å²) >= 11 is 13.0. The van der Waals surface area contributed by atoms with Crippen LogP contribution >= 0.6 is 23.8 Å².